The topological polar surface area (TPSA) is 41.4 Å². The number of hydrogen-bond donors (Lipinski definition) is 0. The highest BCUT2D eigenvalue weighted by Crippen LogP contribution is 2.41. The molecule has 1 saturated carbocycles. The van der Waals surface area contributed by atoms with Crippen molar-refractivity contribution in [1.82, 2.24) is 19.4 Å². The van der Waals surface area contributed by atoms with Gasteiger partial charge < -0.3 is 9.47 Å². The number of likely N-dealkylation sites (N-methyl/N-ethyl adjacent to an activating group) is 1. The lowest BCUT2D eigenvalue weighted by Gasteiger charge is -2.38. The summed E-state index contributed by atoms with van der Waals surface area (Å²) in [7, 11) is 2.05. The van der Waals surface area contributed by atoms with Crippen molar-refractivity contribution in [3.63, 3.8) is 0 Å². The molecule has 5 nitrogen and oxygen atoms in total. The Morgan fingerprint density at radius 3 is 2.39 bits per heavy atom. The summed E-state index contributed by atoms with van der Waals surface area (Å²) in [6, 6.07) is 4.09. The maximum Gasteiger partial charge on any atom is 0.416 e. The van der Waals surface area contributed by atoms with Crippen molar-refractivity contribution in [1.29, 1.82) is 0 Å². The van der Waals surface area contributed by atoms with Crippen molar-refractivity contribution in [2.75, 3.05) is 26.7 Å². The van der Waals surface area contributed by atoms with E-state index in [0.29, 0.717) is 24.5 Å². The largest absolute Gasteiger partial charge is 0.416 e. The summed E-state index contributed by atoms with van der Waals surface area (Å²) in [6.45, 7) is 2.36. The zero-order valence-electron chi connectivity index (χ0n) is 19.3. The Morgan fingerprint density at radius 2 is 1.73 bits per heavy atom. The Hall–Kier alpha value is -2.09. The van der Waals surface area contributed by atoms with Gasteiger partial charge in [0.15, 0.2) is 0 Å². The van der Waals surface area contributed by atoms with Crippen molar-refractivity contribution in [2.45, 2.75) is 82.0 Å². The minimum absolute atomic E-state index is 0.0237. The number of carbonyl (C=O) groups is 1. The molecule has 0 N–H and O–H groups in total. The molecule has 33 heavy (non-hydrogen) atoms. The van der Waals surface area contributed by atoms with Crippen LogP contribution < -0.4 is 0 Å². The lowest BCUT2D eigenvalue weighted by molar-refractivity contribution is -0.138. The van der Waals surface area contributed by atoms with E-state index in [1.807, 2.05) is 4.90 Å². The lowest BCUT2D eigenvalue weighted by atomic mass is 9.84. The summed E-state index contributed by atoms with van der Waals surface area (Å²) in [5, 5.41) is 0. The number of halogens is 3. The fourth-order valence-corrected chi connectivity index (χ4v) is 5.75. The molecule has 3 aliphatic rings. The molecule has 8 heteroatoms. The van der Waals surface area contributed by atoms with Gasteiger partial charge in [0.05, 0.1) is 22.6 Å². The molecular formula is C25H33F3N4O. The summed E-state index contributed by atoms with van der Waals surface area (Å²) in [6.07, 6.45) is 4.84. The molecule has 3 fully saturated rings. The van der Waals surface area contributed by atoms with Gasteiger partial charge >= 0.3 is 6.18 Å². The molecule has 0 radical (unpaired) electrons. The summed E-state index contributed by atoms with van der Waals surface area (Å²) >= 11 is 0. The van der Waals surface area contributed by atoms with Gasteiger partial charge in [0, 0.05) is 25.0 Å². The van der Waals surface area contributed by atoms with Crippen molar-refractivity contribution in [3.8, 4) is 0 Å². The van der Waals surface area contributed by atoms with Crippen molar-refractivity contribution >= 4 is 16.9 Å². The van der Waals surface area contributed by atoms with Gasteiger partial charge in [-0.3, -0.25) is 9.69 Å². The third kappa shape index (κ3) is 4.38. The van der Waals surface area contributed by atoms with Crippen LogP contribution in [-0.2, 0) is 11.0 Å². The highest BCUT2D eigenvalue weighted by atomic mass is 19.4. The van der Waals surface area contributed by atoms with Crippen LogP contribution in [0.2, 0.25) is 0 Å². The van der Waals surface area contributed by atoms with E-state index in [9.17, 15) is 18.0 Å². The first-order valence-electron chi connectivity index (χ1n) is 12.4. The van der Waals surface area contributed by atoms with Crippen LogP contribution in [0.1, 0.15) is 81.1 Å². The number of imidazole rings is 1. The number of aromatic nitrogens is 2. The number of benzene rings is 1. The Bertz CT molecular complexity index is 1000. The summed E-state index contributed by atoms with van der Waals surface area (Å²) in [5.41, 5.74) is 0.580. The molecule has 1 aliphatic carbocycles. The van der Waals surface area contributed by atoms with Gasteiger partial charge in [-0.15, -0.1) is 0 Å². The molecule has 1 unspecified atom stereocenters. The van der Waals surface area contributed by atoms with Crippen LogP contribution in [0, 0.1) is 0 Å². The van der Waals surface area contributed by atoms with E-state index in [0.717, 1.165) is 69.3 Å². The first-order valence-corrected chi connectivity index (χ1v) is 12.4. The quantitative estimate of drug-likeness (QED) is 0.617. The SMILES string of the molecule is CN1CCCCCC1C(=O)N1CCC(n2c(C3CCC3)nc3cc(C(F)(F)F)ccc32)CC1. The van der Waals surface area contributed by atoms with Crippen molar-refractivity contribution < 1.29 is 18.0 Å². The van der Waals surface area contributed by atoms with Gasteiger partial charge in [-0.1, -0.05) is 19.3 Å². The number of rotatable bonds is 3. The predicted molar refractivity (Wildman–Crippen MR) is 121 cm³/mol. The molecule has 3 heterocycles. The Morgan fingerprint density at radius 1 is 0.970 bits per heavy atom. The second-order valence-corrected chi connectivity index (χ2v) is 10.1. The molecule has 2 aliphatic heterocycles. The van der Waals surface area contributed by atoms with Gasteiger partial charge in [0.1, 0.15) is 5.82 Å². The molecule has 1 aromatic carbocycles. The minimum atomic E-state index is -4.37. The molecule has 1 atom stereocenters. The maximum absolute atomic E-state index is 13.3. The van der Waals surface area contributed by atoms with Crippen LogP contribution >= 0.6 is 0 Å². The van der Waals surface area contributed by atoms with Gasteiger partial charge in [0.2, 0.25) is 5.91 Å². The van der Waals surface area contributed by atoms with E-state index >= 15 is 0 Å². The fourth-order valence-electron chi connectivity index (χ4n) is 5.75. The van der Waals surface area contributed by atoms with E-state index in [-0.39, 0.29) is 18.0 Å². The molecule has 5 rings (SSSR count). The van der Waals surface area contributed by atoms with E-state index in [1.54, 1.807) is 6.07 Å². The monoisotopic (exact) mass is 462 g/mol. The van der Waals surface area contributed by atoms with Crippen LogP contribution in [0.15, 0.2) is 18.2 Å². The molecule has 1 aromatic heterocycles. The zero-order chi connectivity index (χ0) is 23.2. The van der Waals surface area contributed by atoms with E-state index in [1.165, 1.54) is 18.6 Å². The highest BCUT2D eigenvalue weighted by molar-refractivity contribution is 5.82. The highest BCUT2D eigenvalue weighted by Gasteiger charge is 2.35. The summed E-state index contributed by atoms with van der Waals surface area (Å²) in [5.74, 6) is 1.50. The first-order chi connectivity index (χ1) is 15.8. The van der Waals surface area contributed by atoms with Gasteiger partial charge in [-0.05, 0) is 70.3 Å². The Kier molecular flexibility index (Phi) is 6.14. The average Bonchev–Trinajstić information content (AvgIpc) is 2.97. The number of nitrogens with zero attached hydrogens (tertiary/aromatic N) is 4. The third-order valence-corrected chi connectivity index (χ3v) is 7.96. The van der Waals surface area contributed by atoms with Crippen molar-refractivity contribution in [2.24, 2.45) is 0 Å². The molecule has 0 bridgehead atoms. The second-order valence-electron chi connectivity index (χ2n) is 10.1. The van der Waals surface area contributed by atoms with E-state index in [2.05, 4.69) is 16.5 Å². The fraction of sp³-hybridized carbons (Fsp3) is 0.680. The number of hydrogen-bond acceptors (Lipinski definition) is 3. The van der Waals surface area contributed by atoms with Crippen LogP contribution in [0.5, 0.6) is 0 Å². The lowest BCUT2D eigenvalue weighted by Crippen LogP contribution is -2.49. The predicted octanol–water partition coefficient (Wildman–Crippen LogP) is 5.36. The average molecular weight is 463 g/mol. The number of fused-ring (bicyclic) bond motifs is 1. The van der Waals surface area contributed by atoms with Gasteiger partial charge in [-0.2, -0.15) is 13.2 Å². The summed E-state index contributed by atoms with van der Waals surface area (Å²) in [4.78, 5) is 22.2. The smallest absolute Gasteiger partial charge is 0.341 e. The number of amides is 1. The maximum atomic E-state index is 13.3. The second kappa shape index (κ2) is 8.93. The van der Waals surface area contributed by atoms with E-state index in [4.69, 9.17) is 4.98 Å². The zero-order valence-corrected chi connectivity index (χ0v) is 19.3. The first kappa shape index (κ1) is 22.7. The normalized spacial score (nSPS) is 24.1. The number of carbonyl (C=O) groups excluding carboxylic acids is 1. The molecule has 0 spiro atoms. The van der Waals surface area contributed by atoms with E-state index < -0.39 is 11.7 Å². The van der Waals surface area contributed by atoms with Gasteiger partial charge in [0.25, 0.3) is 0 Å². The Labute approximate surface area is 192 Å². The number of piperidine rings is 1. The molecule has 2 aromatic rings. The molecule has 180 valence electrons. The minimum Gasteiger partial charge on any atom is -0.341 e. The van der Waals surface area contributed by atoms with Crippen LogP contribution in [-0.4, -0.2) is 58.0 Å². The van der Waals surface area contributed by atoms with Crippen molar-refractivity contribution in [3.05, 3.63) is 29.6 Å². The number of alkyl halides is 3. The van der Waals surface area contributed by atoms with Gasteiger partial charge in [-0.25, -0.2) is 4.98 Å². The third-order valence-electron chi connectivity index (χ3n) is 7.96. The molecule has 1 amide bonds. The number of likely N-dealkylation sites (tertiary alicyclic amines) is 2. The molecular weight excluding hydrogens is 429 g/mol. The van der Waals surface area contributed by atoms with Crippen LogP contribution in [0.4, 0.5) is 13.2 Å². The standard InChI is InChI=1S/C25H33F3N4O/c1-30-13-4-2-3-8-22(30)24(33)31-14-11-19(12-15-31)32-21-10-9-18(25(26,27)28)16-20(21)29-23(32)17-6-5-7-17/h9-10,16-17,19,22H,2-8,11-15H2,1H3. The summed E-state index contributed by atoms with van der Waals surface area (Å²) < 4.78 is 42.0. The van der Waals surface area contributed by atoms with Crippen LogP contribution in [0.25, 0.3) is 11.0 Å². The Balaban J connectivity index is 1.37. The van der Waals surface area contributed by atoms with Crippen LogP contribution in [0.3, 0.4) is 0 Å². The molecule has 2 saturated heterocycles.